The molecule has 1 aromatic carbocycles. The van der Waals surface area contributed by atoms with E-state index in [0.29, 0.717) is 17.2 Å². The molecule has 6 heteroatoms. The number of hydrogen-bond donors (Lipinski definition) is 1. The van der Waals surface area contributed by atoms with E-state index in [2.05, 4.69) is 5.32 Å². The van der Waals surface area contributed by atoms with Gasteiger partial charge in [-0.15, -0.1) is 11.8 Å². The summed E-state index contributed by atoms with van der Waals surface area (Å²) >= 11 is 7.62. The number of benzene rings is 1. The van der Waals surface area contributed by atoms with Crippen molar-refractivity contribution in [1.82, 2.24) is 4.90 Å². The summed E-state index contributed by atoms with van der Waals surface area (Å²) in [5.41, 5.74) is 1.66. The zero-order valence-electron chi connectivity index (χ0n) is 12.0. The summed E-state index contributed by atoms with van der Waals surface area (Å²) in [6.45, 7) is 3.94. The molecule has 0 unspecified atom stereocenters. The van der Waals surface area contributed by atoms with Crippen LogP contribution in [0.25, 0.3) is 0 Å². The van der Waals surface area contributed by atoms with Crippen molar-refractivity contribution in [1.29, 1.82) is 0 Å². The van der Waals surface area contributed by atoms with E-state index in [1.54, 1.807) is 28.8 Å². The summed E-state index contributed by atoms with van der Waals surface area (Å²) in [6, 6.07) is 4.97. The molecule has 1 aromatic rings. The van der Waals surface area contributed by atoms with Crippen molar-refractivity contribution in [3.8, 4) is 0 Å². The van der Waals surface area contributed by atoms with E-state index in [0.717, 1.165) is 17.7 Å². The Balaban J connectivity index is 1.78. The average molecular weight is 325 g/mol. The van der Waals surface area contributed by atoms with Crippen LogP contribution in [-0.4, -0.2) is 33.4 Å². The number of carbonyl (C=O) groups is 2. The van der Waals surface area contributed by atoms with Gasteiger partial charge in [-0.1, -0.05) is 11.6 Å². The summed E-state index contributed by atoms with van der Waals surface area (Å²) in [5, 5.41) is 3.57. The number of nitrogens with one attached hydrogen (secondary N) is 1. The van der Waals surface area contributed by atoms with E-state index in [1.165, 1.54) is 0 Å². The Bertz CT molecular complexity index is 622. The van der Waals surface area contributed by atoms with Crippen molar-refractivity contribution in [2.45, 2.75) is 37.6 Å². The number of rotatable bonds is 2. The molecule has 0 spiro atoms. The van der Waals surface area contributed by atoms with Gasteiger partial charge in [-0.25, -0.2) is 0 Å². The lowest BCUT2D eigenvalue weighted by Gasteiger charge is -2.30. The predicted octanol–water partition coefficient (Wildman–Crippen LogP) is 3.04. The van der Waals surface area contributed by atoms with Crippen LogP contribution in [0.1, 0.15) is 25.3 Å². The SMILES string of the molecule is Cc1cc(Cl)ccc1NC(=O)[C@H]1CS[C@]2(C)CCC(=O)N12. The van der Waals surface area contributed by atoms with Crippen LogP contribution in [0, 0.1) is 6.92 Å². The van der Waals surface area contributed by atoms with Crippen molar-refractivity contribution in [2.75, 3.05) is 11.1 Å². The lowest BCUT2D eigenvalue weighted by atomic mass is 10.1. The molecule has 0 aliphatic carbocycles. The minimum atomic E-state index is -0.384. The van der Waals surface area contributed by atoms with Gasteiger partial charge in [0.05, 0.1) is 4.87 Å². The number of thioether (sulfide) groups is 1. The second kappa shape index (κ2) is 5.21. The molecule has 2 aliphatic rings. The van der Waals surface area contributed by atoms with E-state index in [1.807, 2.05) is 19.9 Å². The number of hydrogen-bond acceptors (Lipinski definition) is 3. The van der Waals surface area contributed by atoms with Crippen molar-refractivity contribution in [3.63, 3.8) is 0 Å². The van der Waals surface area contributed by atoms with Crippen LogP contribution in [0.4, 0.5) is 5.69 Å². The molecule has 0 radical (unpaired) electrons. The molecule has 0 aromatic heterocycles. The second-order valence-electron chi connectivity index (χ2n) is 5.71. The molecule has 21 heavy (non-hydrogen) atoms. The van der Waals surface area contributed by atoms with E-state index in [-0.39, 0.29) is 22.7 Å². The zero-order valence-corrected chi connectivity index (χ0v) is 13.6. The van der Waals surface area contributed by atoms with Crippen LogP contribution in [0.5, 0.6) is 0 Å². The first kappa shape index (κ1) is 14.7. The smallest absolute Gasteiger partial charge is 0.248 e. The minimum absolute atomic E-state index is 0.0791. The number of halogens is 1. The Kier molecular flexibility index (Phi) is 3.66. The van der Waals surface area contributed by atoms with Crippen molar-refractivity contribution < 1.29 is 9.59 Å². The maximum Gasteiger partial charge on any atom is 0.248 e. The van der Waals surface area contributed by atoms with Gasteiger partial charge in [0.25, 0.3) is 0 Å². The molecule has 2 atom stereocenters. The van der Waals surface area contributed by atoms with Gasteiger partial charge in [-0.05, 0) is 44.0 Å². The lowest BCUT2D eigenvalue weighted by molar-refractivity contribution is -0.135. The molecule has 4 nitrogen and oxygen atoms in total. The quantitative estimate of drug-likeness (QED) is 0.909. The van der Waals surface area contributed by atoms with E-state index < -0.39 is 0 Å². The molecule has 2 aliphatic heterocycles. The van der Waals surface area contributed by atoms with Crippen LogP contribution >= 0.6 is 23.4 Å². The van der Waals surface area contributed by atoms with Gasteiger partial charge < -0.3 is 10.2 Å². The first-order valence-corrected chi connectivity index (χ1v) is 8.30. The van der Waals surface area contributed by atoms with Crippen LogP contribution in [0.2, 0.25) is 5.02 Å². The first-order valence-electron chi connectivity index (χ1n) is 6.94. The van der Waals surface area contributed by atoms with Crippen LogP contribution in [0.3, 0.4) is 0 Å². The molecule has 2 saturated heterocycles. The molecule has 0 saturated carbocycles. The van der Waals surface area contributed by atoms with Gasteiger partial charge in [0.1, 0.15) is 6.04 Å². The topological polar surface area (TPSA) is 49.4 Å². The molecular formula is C15H17ClN2O2S. The molecule has 2 amide bonds. The number of aryl methyl sites for hydroxylation is 1. The van der Waals surface area contributed by atoms with E-state index >= 15 is 0 Å². The Morgan fingerprint density at radius 1 is 1.52 bits per heavy atom. The molecule has 0 bridgehead atoms. The molecule has 3 rings (SSSR count). The zero-order chi connectivity index (χ0) is 15.2. The normalized spacial score (nSPS) is 27.9. The Hall–Kier alpha value is -1.20. The largest absolute Gasteiger partial charge is 0.324 e. The average Bonchev–Trinajstić information content (AvgIpc) is 2.90. The summed E-state index contributed by atoms with van der Waals surface area (Å²) in [4.78, 5) is 26.1. The van der Waals surface area contributed by atoms with E-state index in [9.17, 15) is 9.59 Å². The van der Waals surface area contributed by atoms with Crippen molar-refractivity contribution in [2.24, 2.45) is 0 Å². The monoisotopic (exact) mass is 324 g/mol. The van der Waals surface area contributed by atoms with Gasteiger partial charge in [-0.3, -0.25) is 9.59 Å². The fraction of sp³-hybridized carbons (Fsp3) is 0.467. The summed E-state index contributed by atoms with van der Waals surface area (Å²) in [7, 11) is 0. The maximum absolute atomic E-state index is 12.5. The Morgan fingerprint density at radius 2 is 2.29 bits per heavy atom. The number of anilines is 1. The lowest BCUT2D eigenvalue weighted by Crippen LogP contribution is -2.48. The van der Waals surface area contributed by atoms with Crippen LogP contribution in [0.15, 0.2) is 18.2 Å². The second-order valence-corrected chi connectivity index (χ2v) is 7.65. The highest BCUT2D eigenvalue weighted by Crippen LogP contribution is 2.47. The van der Waals surface area contributed by atoms with Crippen molar-refractivity contribution in [3.05, 3.63) is 28.8 Å². The van der Waals surface area contributed by atoms with Crippen LogP contribution in [-0.2, 0) is 9.59 Å². The summed E-state index contributed by atoms with van der Waals surface area (Å²) in [5.74, 6) is 0.614. The third kappa shape index (κ3) is 2.53. The fourth-order valence-corrected chi connectivity index (χ4v) is 4.66. The number of carbonyl (C=O) groups excluding carboxylic acids is 2. The summed E-state index contributed by atoms with van der Waals surface area (Å²) in [6.07, 6.45) is 1.35. The maximum atomic E-state index is 12.5. The highest BCUT2D eigenvalue weighted by Gasteiger charge is 2.52. The predicted molar refractivity (Wildman–Crippen MR) is 85.5 cm³/mol. The van der Waals surface area contributed by atoms with E-state index in [4.69, 9.17) is 11.6 Å². The number of fused-ring (bicyclic) bond motifs is 1. The Morgan fingerprint density at radius 3 is 3.00 bits per heavy atom. The molecular weight excluding hydrogens is 308 g/mol. The van der Waals surface area contributed by atoms with Gasteiger partial charge in [-0.2, -0.15) is 0 Å². The third-order valence-corrected chi connectivity index (χ3v) is 5.93. The molecule has 2 fully saturated rings. The van der Waals surface area contributed by atoms with Crippen molar-refractivity contribution >= 4 is 40.9 Å². The standard InChI is InChI=1S/C15H17ClN2O2S/c1-9-7-10(16)3-4-11(9)17-14(20)12-8-21-15(2)6-5-13(19)18(12)15/h3-4,7,12H,5-6,8H2,1-2H3,(H,17,20)/t12-,15-/m1/s1. The minimum Gasteiger partial charge on any atom is -0.324 e. The van der Waals surface area contributed by atoms with Gasteiger partial charge >= 0.3 is 0 Å². The number of amides is 2. The Labute approximate surface area is 133 Å². The first-order chi connectivity index (χ1) is 9.90. The van der Waals surface area contributed by atoms with Gasteiger partial charge in [0.2, 0.25) is 11.8 Å². The molecule has 112 valence electrons. The highest BCUT2D eigenvalue weighted by atomic mass is 35.5. The highest BCUT2D eigenvalue weighted by molar-refractivity contribution is 8.01. The molecule has 1 N–H and O–H groups in total. The van der Waals surface area contributed by atoms with Gasteiger partial charge in [0, 0.05) is 22.9 Å². The third-order valence-electron chi connectivity index (χ3n) is 4.19. The molecule has 2 heterocycles. The van der Waals surface area contributed by atoms with Crippen LogP contribution < -0.4 is 5.32 Å². The fourth-order valence-electron chi connectivity index (χ4n) is 3.00. The number of nitrogens with zero attached hydrogens (tertiary/aromatic N) is 1. The van der Waals surface area contributed by atoms with Gasteiger partial charge in [0.15, 0.2) is 0 Å². The summed E-state index contributed by atoms with van der Waals surface area (Å²) < 4.78 is 0.